The van der Waals surface area contributed by atoms with Crippen molar-refractivity contribution in [2.45, 2.75) is 40.7 Å². The number of fused-ring (bicyclic) bond motifs is 1. The zero-order valence-corrected chi connectivity index (χ0v) is 13.8. The molecule has 0 amide bonds. The van der Waals surface area contributed by atoms with E-state index in [4.69, 9.17) is 4.98 Å². The van der Waals surface area contributed by atoms with Gasteiger partial charge in [0.05, 0.1) is 5.69 Å². The zero-order chi connectivity index (χ0) is 14.5. The number of hydrogen-bond donors (Lipinski definition) is 1. The monoisotopic (exact) mass is 294 g/mol. The number of aromatic nitrogens is 2. The summed E-state index contributed by atoms with van der Waals surface area (Å²) in [6, 6.07) is 0. The third kappa shape index (κ3) is 3.33. The van der Waals surface area contributed by atoms with E-state index in [0.29, 0.717) is 5.92 Å². The van der Waals surface area contributed by atoms with Crippen LogP contribution in [0.1, 0.15) is 39.8 Å². The van der Waals surface area contributed by atoms with Crippen LogP contribution in [-0.4, -0.2) is 29.0 Å². The first-order valence-electron chi connectivity index (χ1n) is 7.57. The van der Waals surface area contributed by atoms with Crippen LogP contribution in [0.4, 0.5) is 5.82 Å². The van der Waals surface area contributed by atoms with E-state index in [1.807, 2.05) is 0 Å². The predicted molar refractivity (Wildman–Crippen MR) is 87.8 cm³/mol. The van der Waals surface area contributed by atoms with Crippen LogP contribution in [-0.2, 0) is 6.54 Å². The van der Waals surface area contributed by atoms with Crippen LogP contribution < -0.4 is 10.2 Å². The molecule has 0 aliphatic rings. The largest absolute Gasteiger partial charge is 0.355 e. The Morgan fingerprint density at radius 3 is 2.85 bits per heavy atom. The molecule has 0 unspecified atom stereocenters. The summed E-state index contributed by atoms with van der Waals surface area (Å²) in [5.74, 6) is 1.79. The minimum absolute atomic E-state index is 0.645. The zero-order valence-electron chi connectivity index (χ0n) is 13.0. The second kappa shape index (κ2) is 7.09. The molecule has 2 heterocycles. The third-order valence-electron chi connectivity index (χ3n) is 3.33. The molecule has 0 spiro atoms. The summed E-state index contributed by atoms with van der Waals surface area (Å²) in [6.45, 7) is 12.9. The quantitative estimate of drug-likeness (QED) is 0.758. The number of imidazole rings is 1. The molecule has 0 fully saturated rings. The average molecular weight is 294 g/mol. The molecule has 0 atom stereocenters. The molecule has 112 valence electrons. The Hall–Kier alpha value is -1.07. The van der Waals surface area contributed by atoms with E-state index >= 15 is 0 Å². The normalized spacial score (nSPS) is 11.7. The molecule has 5 heteroatoms. The van der Waals surface area contributed by atoms with Gasteiger partial charge in [-0.05, 0) is 25.8 Å². The van der Waals surface area contributed by atoms with Gasteiger partial charge < -0.3 is 10.2 Å². The Labute approximate surface area is 125 Å². The van der Waals surface area contributed by atoms with E-state index < -0.39 is 0 Å². The van der Waals surface area contributed by atoms with Gasteiger partial charge in [-0.2, -0.15) is 0 Å². The van der Waals surface area contributed by atoms with Crippen LogP contribution >= 0.6 is 11.3 Å². The van der Waals surface area contributed by atoms with Crippen LogP contribution in [0, 0.1) is 5.92 Å². The highest BCUT2D eigenvalue weighted by molar-refractivity contribution is 7.15. The molecule has 0 bridgehead atoms. The molecule has 0 radical (unpaired) electrons. The molecule has 4 nitrogen and oxygen atoms in total. The van der Waals surface area contributed by atoms with Crippen molar-refractivity contribution < 1.29 is 0 Å². The minimum Gasteiger partial charge on any atom is -0.355 e. The van der Waals surface area contributed by atoms with Gasteiger partial charge in [-0.25, -0.2) is 4.98 Å². The van der Waals surface area contributed by atoms with Crippen molar-refractivity contribution in [2.24, 2.45) is 5.92 Å². The van der Waals surface area contributed by atoms with Crippen molar-refractivity contribution in [3.63, 3.8) is 0 Å². The number of hydrogen-bond acceptors (Lipinski definition) is 4. The van der Waals surface area contributed by atoms with Crippen LogP contribution in [0.15, 0.2) is 11.6 Å². The summed E-state index contributed by atoms with van der Waals surface area (Å²) in [7, 11) is 0. The van der Waals surface area contributed by atoms with Gasteiger partial charge >= 0.3 is 0 Å². The summed E-state index contributed by atoms with van der Waals surface area (Å²) in [4.78, 5) is 8.33. The summed E-state index contributed by atoms with van der Waals surface area (Å²) >= 11 is 1.71. The van der Waals surface area contributed by atoms with Gasteiger partial charge in [0.25, 0.3) is 0 Å². The van der Waals surface area contributed by atoms with Crippen molar-refractivity contribution in [3.8, 4) is 0 Å². The molecule has 2 aromatic heterocycles. The SMILES string of the molecule is CCCNCc1c(N(CC)CC(C)C)nc2sccn12. The van der Waals surface area contributed by atoms with Crippen LogP contribution in [0.3, 0.4) is 0 Å². The number of rotatable bonds is 8. The Bertz CT molecular complexity index is 529. The smallest absolute Gasteiger partial charge is 0.195 e. The minimum atomic E-state index is 0.645. The maximum Gasteiger partial charge on any atom is 0.195 e. The first kappa shape index (κ1) is 15.3. The van der Waals surface area contributed by atoms with Crippen LogP contribution in [0.5, 0.6) is 0 Å². The van der Waals surface area contributed by atoms with Crippen molar-refractivity contribution in [1.82, 2.24) is 14.7 Å². The van der Waals surface area contributed by atoms with E-state index in [9.17, 15) is 0 Å². The van der Waals surface area contributed by atoms with Crippen LogP contribution in [0.25, 0.3) is 4.96 Å². The highest BCUT2D eigenvalue weighted by atomic mass is 32.1. The van der Waals surface area contributed by atoms with E-state index in [1.165, 1.54) is 5.69 Å². The van der Waals surface area contributed by atoms with Crippen molar-refractivity contribution in [2.75, 3.05) is 24.5 Å². The molecule has 2 rings (SSSR count). The van der Waals surface area contributed by atoms with Crippen molar-refractivity contribution in [3.05, 3.63) is 17.3 Å². The Balaban J connectivity index is 2.29. The van der Waals surface area contributed by atoms with E-state index in [1.54, 1.807) is 11.3 Å². The average Bonchev–Trinajstić information content (AvgIpc) is 2.98. The molecular weight excluding hydrogens is 268 g/mol. The van der Waals surface area contributed by atoms with E-state index in [-0.39, 0.29) is 0 Å². The van der Waals surface area contributed by atoms with E-state index in [0.717, 1.165) is 43.4 Å². The maximum absolute atomic E-state index is 4.84. The van der Waals surface area contributed by atoms with Crippen molar-refractivity contribution in [1.29, 1.82) is 0 Å². The highest BCUT2D eigenvalue weighted by Crippen LogP contribution is 2.25. The van der Waals surface area contributed by atoms with Gasteiger partial charge in [-0.1, -0.05) is 20.8 Å². The summed E-state index contributed by atoms with van der Waals surface area (Å²) in [6.07, 6.45) is 3.28. The standard InChI is InChI=1S/C15H26N4S/c1-5-7-16-10-13-14(18(6-2)11-12(3)4)17-15-19(13)8-9-20-15/h8-9,12,16H,5-7,10-11H2,1-4H3. The molecule has 0 saturated carbocycles. The Morgan fingerprint density at radius 2 is 2.20 bits per heavy atom. The molecule has 1 N–H and O–H groups in total. The van der Waals surface area contributed by atoms with E-state index in [2.05, 4.69) is 53.9 Å². The first-order valence-corrected chi connectivity index (χ1v) is 8.45. The molecule has 0 aliphatic heterocycles. The fourth-order valence-electron chi connectivity index (χ4n) is 2.43. The fraction of sp³-hybridized carbons (Fsp3) is 0.667. The van der Waals surface area contributed by atoms with Gasteiger partial charge in [-0.15, -0.1) is 11.3 Å². The lowest BCUT2D eigenvalue weighted by Gasteiger charge is -2.24. The molecule has 0 aromatic carbocycles. The topological polar surface area (TPSA) is 32.6 Å². The van der Waals surface area contributed by atoms with Crippen molar-refractivity contribution >= 4 is 22.1 Å². The van der Waals surface area contributed by atoms with Crippen LogP contribution in [0.2, 0.25) is 0 Å². The summed E-state index contributed by atoms with van der Waals surface area (Å²) in [5, 5.41) is 5.61. The lowest BCUT2D eigenvalue weighted by molar-refractivity contribution is 0.608. The highest BCUT2D eigenvalue weighted by Gasteiger charge is 2.18. The molecular formula is C15H26N4S. The lowest BCUT2D eigenvalue weighted by Crippen LogP contribution is -2.29. The fourth-order valence-corrected chi connectivity index (χ4v) is 3.16. The third-order valence-corrected chi connectivity index (χ3v) is 4.08. The number of nitrogens with zero attached hydrogens (tertiary/aromatic N) is 3. The molecule has 2 aromatic rings. The number of thiazole rings is 1. The number of anilines is 1. The molecule has 0 saturated heterocycles. The maximum atomic E-state index is 4.84. The van der Waals surface area contributed by atoms with Gasteiger partial charge in [0.15, 0.2) is 10.8 Å². The second-order valence-electron chi connectivity index (χ2n) is 5.55. The summed E-state index contributed by atoms with van der Waals surface area (Å²) in [5.41, 5.74) is 1.29. The Morgan fingerprint density at radius 1 is 1.40 bits per heavy atom. The Kier molecular flexibility index (Phi) is 5.43. The second-order valence-corrected chi connectivity index (χ2v) is 6.42. The summed E-state index contributed by atoms with van der Waals surface area (Å²) < 4.78 is 2.23. The molecule has 0 aliphatic carbocycles. The van der Waals surface area contributed by atoms with Gasteiger partial charge in [0.1, 0.15) is 0 Å². The number of nitrogens with one attached hydrogen (secondary N) is 1. The van der Waals surface area contributed by atoms with Gasteiger partial charge in [-0.3, -0.25) is 4.40 Å². The predicted octanol–water partition coefficient (Wildman–Crippen LogP) is 3.38. The lowest BCUT2D eigenvalue weighted by atomic mass is 10.2. The van der Waals surface area contributed by atoms with Gasteiger partial charge in [0, 0.05) is 31.2 Å². The first-order chi connectivity index (χ1) is 9.67. The molecule has 20 heavy (non-hydrogen) atoms. The van der Waals surface area contributed by atoms with Gasteiger partial charge in [0.2, 0.25) is 0 Å².